The fraction of sp³-hybridized carbons (Fsp3) is 0.667. The molecule has 0 fully saturated rings. The first-order valence-electron chi connectivity index (χ1n) is 7.17. The van der Waals surface area contributed by atoms with Crippen molar-refractivity contribution in [3.05, 3.63) is 22.5 Å². The number of hydrogen-bond acceptors (Lipinski definition) is 1. The molecule has 2 aliphatic rings. The summed E-state index contributed by atoms with van der Waals surface area (Å²) in [5.74, 6) is 0. The lowest BCUT2D eigenvalue weighted by molar-refractivity contribution is -0.711. The molecule has 0 unspecified atom stereocenters. The van der Waals surface area contributed by atoms with Gasteiger partial charge in [0.05, 0.1) is 5.69 Å². The van der Waals surface area contributed by atoms with Gasteiger partial charge in [-0.15, -0.1) is 0 Å². The molecule has 0 spiro atoms. The zero-order valence-corrected chi connectivity index (χ0v) is 10.9. The van der Waals surface area contributed by atoms with Crippen LogP contribution in [0.15, 0.2) is 0 Å². The van der Waals surface area contributed by atoms with Crippen molar-refractivity contribution in [2.75, 3.05) is 5.73 Å². The average molecular weight is 231 g/mol. The molecule has 1 aromatic rings. The van der Waals surface area contributed by atoms with Crippen molar-refractivity contribution in [1.29, 1.82) is 0 Å². The Kier molecular flexibility index (Phi) is 2.81. The Balaban J connectivity index is 2.12. The van der Waals surface area contributed by atoms with E-state index in [0.717, 1.165) is 5.69 Å². The highest BCUT2D eigenvalue weighted by Gasteiger charge is 2.33. The molecule has 0 aromatic carbocycles. The van der Waals surface area contributed by atoms with E-state index in [1.165, 1.54) is 69.0 Å². The molecule has 2 N–H and O–H groups in total. The molecular formula is C15H23N2+. The Morgan fingerprint density at radius 1 is 1.00 bits per heavy atom. The number of rotatable bonds is 3. The monoisotopic (exact) mass is 231 g/mol. The van der Waals surface area contributed by atoms with Crippen molar-refractivity contribution in [2.24, 2.45) is 0 Å². The third kappa shape index (κ3) is 1.65. The fourth-order valence-electron chi connectivity index (χ4n) is 3.56. The Morgan fingerprint density at radius 2 is 1.59 bits per heavy atom. The molecule has 0 bridgehead atoms. The van der Waals surface area contributed by atoms with Crippen molar-refractivity contribution in [3.8, 4) is 0 Å². The maximum atomic E-state index is 6.37. The van der Waals surface area contributed by atoms with Crippen LogP contribution >= 0.6 is 0 Å². The van der Waals surface area contributed by atoms with Gasteiger partial charge in [0, 0.05) is 30.4 Å². The van der Waals surface area contributed by atoms with Gasteiger partial charge in [0.15, 0.2) is 11.4 Å². The van der Waals surface area contributed by atoms with E-state index in [-0.39, 0.29) is 0 Å². The van der Waals surface area contributed by atoms with Gasteiger partial charge < -0.3 is 5.73 Å². The van der Waals surface area contributed by atoms with Gasteiger partial charge >= 0.3 is 0 Å². The standard InChI is InChI=1S/C15H22N2/c1-2-3-10-17-13-8-4-6-11(13)15(16)12-7-5-9-14(12)17/h16H,2-10H2,1H3/p+1. The minimum atomic E-state index is 1.15. The van der Waals surface area contributed by atoms with Crippen LogP contribution in [-0.2, 0) is 32.2 Å². The van der Waals surface area contributed by atoms with Crippen molar-refractivity contribution in [3.63, 3.8) is 0 Å². The molecule has 2 nitrogen and oxygen atoms in total. The highest BCUT2D eigenvalue weighted by molar-refractivity contribution is 5.57. The fourth-order valence-corrected chi connectivity index (χ4v) is 3.56. The van der Waals surface area contributed by atoms with E-state index in [2.05, 4.69) is 11.5 Å². The molecule has 3 rings (SSSR count). The highest BCUT2D eigenvalue weighted by atomic mass is 15.0. The van der Waals surface area contributed by atoms with Gasteiger partial charge in [0.25, 0.3) is 0 Å². The number of nitrogens with two attached hydrogens (primary N) is 1. The molecule has 1 heterocycles. The van der Waals surface area contributed by atoms with Crippen LogP contribution in [-0.4, -0.2) is 0 Å². The number of hydrogen-bond donors (Lipinski definition) is 1. The number of anilines is 1. The van der Waals surface area contributed by atoms with Crippen LogP contribution in [0.3, 0.4) is 0 Å². The Hall–Kier alpha value is -1.05. The van der Waals surface area contributed by atoms with Gasteiger partial charge in [-0.2, -0.15) is 4.57 Å². The minimum Gasteiger partial charge on any atom is -0.398 e. The molecule has 2 heteroatoms. The predicted molar refractivity (Wildman–Crippen MR) is 70.0 cm³/mol. The highest BCUT2D eigenvalue weighted by Crippen LogP contribution is 2.33. The first-order valence-corrected chi connectivity index (χ1v) is 7.17. The molecular weight excluding hydrogens is 208 g/mol. The van der Waals surface area contributed by atoms with E-state index in [1.54, 1.807) is 11.4 Å². The lowest BCUT2D eigenvalue weighted by Gasteiger charge is -2.11. The molecule has 2 aliphatic carbocycles. The van der Waals surface area contributed by atoms with Gasteiger partial charge in [-0.25, -0.2) is 0 Å². The SMILES string of the molecule is CCCC[n+]1c2c(c(N)c3c1CCC3)CCC2. The van der Waals surface area contributed by atoms with E-state index in [0.29, 0.717) is 0 Å². The van der Waals surface area contributed by atoms with Crippen LogP contribution in [0.25, 0.3) is 0 Å². The average Bonchev–Trinajstić information content (AvgIpc) is 2.97. The van der Waals surface area contributed by atoms with E-state index in [9.17, 15) is 0 Å². The van der Waals surface area contributed by atoms with Crippen molar-refractivity contribution in [2.45, 2.75) is 64.8 Å². The van der Waals surface area contributed by atoms with E-state index in [1.807, 2.05) is 0 Å². The summed E-state index contributed by atoms with van der Waals surface area (Å²) in [6, 6.07) is 0. The van der Waals surface area contributed by atoms with Gasteiger partial charge in [0.2, 0.25) is 0 Å². The molecule has 1 aromatic heterocycles. The number of unbranched alkanes of at least 4 members (excludes halogenated alkanes) is 1. The van der Waals surface area contributed by atoms with Gasteiger partial charge in [-0.1, -0.05) is 13.3 Å². The minimum absolute atomic E-state index is 1.15. The smallest absolute Gasteiger partial charge is 0.186 e. The summed E-state index contributed by atoms with van der Waals surface area (Å²) in [5, 5.41) is 0. The normalized spacial score (nSPS) is 17.2. The molecule has 0 atom stereocenters. The van der Waals surface area contributed by atoms with Crippen LogP contribution in [0, 0.1) is 0 Å². The van der Waals surface area contributed by atoms with E-state index in [4.69, 9.17) is 5.73 Å². The molecule has 17 heavy (non-hydrogen) atoms. The summed E-state index contributed by atoms with van der Waals surface area (Å²) in [4.78, 5) is 0. The maximum Gasteiger partial charge on any atom is 0.186 e. The molecule has 92 valence electrons. The lowest BCUT2D eigenvalue weighted by atomic mass is 10.1. The van der Waals surface area contributed by atoms with Crippen LogP contribution < -0.4 is 10.3 Å². The molecule has 0 amide bonds. The second-order valence-corrected chi connectivity index (χ2v) is 5.48. The van der Waals surface area contributed by atoms with Crippen molar-refractivity contribution in [1.82, 2.24) is 0 Å². The zero-order chi connectivity index (χ0) is 11.8. The van der Waals surface area contributed by atoms with Crippen LogP contribution in [0.5, 0.6) is 0 Å². The van der Waals surface area contributed by atoms with Crippen molar-refractivity contribution < 1.29 is 4.57 Å². The first kappa shape index (κ1) is 11.1. The molecule has 0 radical (unpaired) electrons. The summed E-state index contributed by atoms with van der Waals surface area (Å²) < 4.78 is 2.63. The van der Waals surface area contributed by atoms with E-state index >= 15 is 0 Å². The summed E-state index contributed by atoms with van der Waals surface area (Å²) in [6.45, 7) is 3.49. The van der Waals surface area contributed by atoms with Crippen molar-refractivity contribution >= 4 is 5.69 Å². The Labute approximate surface area is 104 Å². The number of aromatic nitrogens is 1. The number of nitrogens with zero attached hydrogens (tertiary/aromatic N) is 1. The van der Waals surface area contributed by atoms with Gasteiger partial charge in [-0.3, -0.25) is 0 Å². The van der Waals surface area contributed by atoms with Crippen LogP contribution in [0.1, 0.15) is 55.1 Å². The van der Waals surface area contributed by atoms with Crippen LogP contribution in [0.4, 0.5) is 5.69 Å². The quantitative estimate of drug-likeness (QED) is 0.795. The number of fused-ring (bicyclic) bond motifs is 2. The first-order chi connectivity index (χ1) is 8.33. The third-order valence-corrected chi connectivity index (χ3v) is 4.41. The Morgan fingerprint density at radius 3 is 2.12 bits per heavy atom. The molecule has 0 saturated carbocycles. The Bertz CT molecular complexity index is 414. The van der Waals surface area contributed by atoms with Crippen LogP contribution in [0.2, 0.25) is 0 Å². The second kappa shape index (κ2) is 4.32. The molecule has 0 aliphatic heterocycles. The summed E-state index contributed by atoms with van der Waals surface area (Å²) in [5.41, 5.74) is 13.6. The lowest BCUT2D eigenvalue weighted by Crippen LogP contribution is -2.43. The summed E-state index contributed by atoms with van der Waals surface area (Å²) in [6.07, 6.45) is 10.1. The zero-order valence-electron chi connectivity index (χ0n) is 10.9. The van der Waals surface area contributed by atoms with E-state index < -0.39 is 0 Å². The topological polar surface area (TPSA) is 29.9 Å². The second-order valence-electron chi connectivity index (χ2n) is 5.48. The summed E-state index contributed by atoms with van der Waals surface area (Å²) >= 11 is 0. The largest absolute Gasteiger partial charge is 0.398 e. The number of pyridine rings is 1. The van der Waals surface area contributed by atoms with Gasteiger partial charge in [0.1, 0.15) is 6.54 Å². The molecule has 0 saturated heterocycles. The van der Waals surface area contributed by atoms with Gasteiger partial charge in [-0.05, 0) is 25.7 Å². The number of nitrogen functional groups attached to an aromatic ring is 1. The summed E-state index contributed by atoms with van der Waals surface area (Å²) in [7, 11) is 0. The predicted octanol–water partition coefficient (Wildman–Crippen LogP) is 2.33. The maximum absolute atomic E-state index is 6.37. The third-order valence-electron chi connectivity index (χ3n) is 4.41.